The first kappa shape index (κ1) is 17.3. The quantitative estimate of drug-likeness (QED) is 0.876. The van der Waals surface area contributed by atoms with Crippen molar-refractivity contribution in [2.24, 2.45) is 5.73 Å². The van der Waals surface area contributed by atoms with Gasteiger partial charge in [0.15, 0.2) is 6.61 Å². The molecule has 0 heterocycles. The van der Waals surface area contributed by atoms with E-state index in [1.807, 2.05) is 6.92 Å². The number of halogens is 3. The van der Waals surface area contributed by atoms with Crippen LogP contribution in [0, 0.1) is 0 Å². The van der Waals surface area contributed by atoms with Crippen LogP contribution >= 0.6 is 35.6 Å². The maximum Gasteiger partial charge on any atom is 0.258 e. The van der Waals surface area contributed by atoms with Crippen LogP contribution in [0.1, 0.15) is 6.92 Å². The van der Waals surface area contributed by atoms with Crippen molar-refractivity contribution in [3.05, 3.63) is 28.2 Å². The molecule has 1 aromatic rings. The molecule has 0 fully saturated rings. The first-order valence-corrected chi connectivity index (χ1v) is 5.85. The zero-order valence-corrected chi connectivity index (χ0v) is 12.1. The van der Waals surface area contributed by atoms with E-state index in [1.54, 1.807) is 18.2 Å². The third kappa shape index (κ3) is 5.78. The number of amides is 1. The van der Waals surface area contributed by atoms with E-state index in [0.717, 1.165) is 0 Å². The summed E-state index contributed by atoms with van der Waals surface area (Å²) in [6.07, 6.45) is 0. The molecule has 1 atom stereocenters. The number of carbonyl (C=O) groups excluding carboxylic acids is 1. The molecule has 7 heteroatoms. The zero-order chi connectivity index (χ0) is 12.8. The Labute approximate surface area is 122 Å². The van der Waals surface area contributed by atoms with Gasteiger partial charge in [-0.1, -0.05) is 23.2 Å². The molecule has 1 amide bonds. The molecule has 0 saturated carbocycles. The minimum Gasteiger partial charge on any atom is -0.482 e. The molecule has 0 aliphatic rings. The van der Waals surface area contributed by atoms with Crippen LogP contribution in [-0.2, 0) is 4.79 Å². The van der Waals surface area contributed by atoms with Crippen molar-refractivity contribution in [2.45, 2.75) is 13.0 Å². The highest BCUT2D eigenvalue weighted by Crippen LogP contribution is 2.27. The van der Waals surface area contributed by atoms with Gasteiger partial charge in [0.2, 0.25) is 0 Å². The summed E-state index contributed by atoms with van der Waals surface area (Å²) in [6.45, 7) is 2.07. The Bertz CT molecular complexity index is 402. The summed E-state index contributed by atoms with van der Waals surface area (Å²) in [4.78, 5) is 11.4. The Kier molecular flexibility index (Phi) is 8.11. The van der Waals surface area contributed by atoms with Crippen molar-refractivity contribution in [1.82, 2.24) is 5.32 Å². The Morgan fingerprint density at radius 1 is 1.50 bits per heavy atom. The first-order chi connectivity index (χ1) is 8.02. The average molecular weight is 314 g/mol. The van der Waals surface area contributed by atoms with Gasteiger partial charge < -0.3 is 15.8 Å². The van der Waals surface area contributed by atoms with Crippen LogP contribution < -0.4 is 15.8 Å². The van der Waals surface area contributed by atoms with Crippen LogP contribution in [-0.4, -0.2) is 25.1 Å². The van der Waals surface area contributed by atoms with Gasteiger partial charge in [-0.05, 0) is 19.1 Å². The molecule has 0 radical (unpaired) electrons. The van der Waals surface area contributed by atoms with E-state index in [9.17, 15) is 4.79 Å². The fraction of sp³-hybridized carbons (Fsp3) is 0.364. The lowest BCUT2D eigenvalue weighted by molar-refractivity contribution is -0.123. The molecule has 3 N–H and O–H groups in total. The monoisotopic (exact) mass is 312 g/mol. The van der Waals surface area contributed by atoms with Gasteiger partial charge in [-0.2, -0.15) is 0 Å². The Morgan fingerprint density at radius 3 is 2.78 bits per heavy atom. The fourth-order valence-electron chi connectivity index (χ4n) is 1.11. The van der Waals surface area contributed by atoms with Crippen LogP contribution in [0.15, 0.2) is 18.2 Å². The van der Waals surface area contributed by atoms with Crippen molar-refractivity contribution in [3.8, 4) is 5.75 Å². The van der Waals surface area contributed by atoms with Gasteiger partial charge in [0.05, 0.1) is 5.02 Å². The fourth-order valence-corrected chi connectivity index (χ4v) is 1.44. The number of benzene rings is 1. The Morgan fingerprint density at radius 2 is 2.17 bits per heavy atom. The summed E-state index contributed by atoms with van der Waals surface area (Å²) in [5.74, 6) is 0.133. The van der Waals surface area contributed by atoms with Crippen molar-refractivity contribution in [3.63, 3.8) is 0 Å². The lowest BCUT2D eigenvalue weighted by Crippen LogP contribution is -2.40. The molecule has 1 aromatic carbocycles. The van der Waals surface area contributed by atoms with E-state index in [-0.39, 0.29) is 31.0 Å². The van der Waals surface area contributed by atoms with Crippen LogP contribution in [0.2, 0.25) is 10.0 Å². The molecule has 4 nitrogen and oxygen atoms in total. The second-order valence-corrected chi connectivity index (χ2v) is 4.41. The van der Waals surface area contributed by atoms with Crippen molar-refractivity contribution >= 4 is 41.5 Å². The minimum atomic E-state index is -0.251. The summed E-state index contributed by atoms with van der Waals surface area (Å²) in [6, 6.07) is 4.73. The van der Waals surface area contributed by atoms with E-state index >= 15 is 0 Å². The molecule has 0 aromatic heterocycles. The molecule has 0 aliphatic carbocycles. The average Bonchev–Trinajstić information content (AvgIpc) is 2.30. The number of nitrogens with one attached hydrogen (secondary N) is 1. The Balaban J connectivity index is 0.00000289. The lowest BCUT2D eigenvalue weighted by Gasteiger charge is -2.12. The van der Waals surface area contributed by atoms with E-state index in [4.69, 9.17) is 33.7 Å². The number of hydrogen-bond acceptors (Lipinski definition) is 3. The van der Waals surface area contributed by atoms with E-state index in [2.05, 4.69) is 5.32 Å². The molecule has 18 heavy (non-hydrogen) atoms. The zero-order valence-electron chi connectivity index (χ0n) is 9.78. The maximum absolute atomic E-state index is 11.4. The predicted molar refractivity (Wildman–Crippen MR) is 75.9 cm³/mol. The highest BCUT2D eigenvalue weighted by molar-refractivity contribution is 6.34. The third-order valence-electron chi connectivity index (χ3n) is 2.01. The van der Waals surface area contributed by atoms with Crippen LogP contribution in [0.5, 0.6) is 5.75 Å². The SMILES string of the molecule is C[C@@H](CN)NC(=O)COc1cc(Cl)ccc1Cl.Cl. The van der Waals surface area contributed by atoms with Gasteiger partial charge in [-0.15, -0.1) is 12.4 Å². The number of rotatable bonds is 5. The van der Waals surface area contributed by atoms with E-state index < -0.39 is 0 Å². The van der Waals surface area contributed by atoms with Crippen LogP contribution in [0.4, 0.5) is 0 Å². The second kappa shape index (κ2) is 8.43. The summed E-state index contributed by atoms with van der Waals surface area (Å²) in [5, 5.41) is 3.58. The van der Waals surface area contributed by atoms with Gasteiger partial charge in [0.25, 0.3) is 5.91 Å². The van der Waals surface area contributed by atoms with E-state index in [0.29, 0.717) is 22.3 Å². The second-order valence-electron chi connectivity index (χ2n) is 3.57. The molecule has 0 aliphatic heterocycles. The Hall–Kier alpha value is -0.680. The summed E-state index contributed by atoms with van der Waals surface area (Å²) in [5.41, 5.74) is 5.38. The predicted octanol–water partition coefficient (Wildman–Crippen LogP) is 2.26. The molecule has 102 valence electrons. The third-order valence-corrected chi connectivity index (χ3v) is 2.56. The summed E-state index contributed by atoms with van der Waals surface area (Å²) < 4.78 is 5.26. The number of nitrogens with two attached hydrogens (primary N) is 1. The molecule has 0 saturated heterocycles. The van der Waals surface area contributed by atoms with Crippen LogP contribution in [0.3, 0.4) is 0 Å². The van der Waals surface area contributed by atoms with Crippen molar-refractivity contribution in [1.29, 1.82) is 0 Å². The molecule has 1 rings (SSSR count). The number of ether oxygens (including phenoxy) is 1. The first-order valence-electron chi connectivity index (χ1n) is 5.10. The summed E-state index contributed by atoms with van der Waals surface area (Å²) >= 11 is 11.7. The topological polar surface area (TPSA) is 64.3 Å². The standard InChI is InChI=1S/C11H14Cl2N2O2.ClH/c1-7(5-14)15-11(16)6-17-10-4-8(12)2-3-9(10)13;/h2-4,7H,5-6,14H2,1H3,(H,15,16);1H/t7-;/m0./s1. The van der Waals surface area contributed by atoms with Gasteiger partial charge in [0, 0.05) is 23.7 Å². The molecular formula is C11H15Cl3N2O2. The molecule has 0 bridgehead atoms. The van der Waals surface area contributed by atoms with Crippen LogP contribution in [0.25, 0.3) is 0 Å². The van der Waals surface area contributed by atoms with Crippen molar-refractivity contribution < 1.29 is 9.53 Å². The van der Waals surface area contributed by atoms with Gasteiger partial charge >= 0.3 is 0 Å². The lowest BCUT2D eigenvalue weighted by atomic mass is 10.3. The molecule has 0 unspecified atom stereocenters. The van der Waals surface area contributed by atoms with E-state index in [1.165, 1.54) is 0 Å². The molecule has 0 spiro atoms. The smallest absolute Gasteiger partial charge is 0.258 e. The van der Waals surface area contributed by atoms with Gasteiger partial charge in [-0.3, -0.25) is 4.79 Å². The highest BCUT2D eigenvalue weighted by atomic mass is 35.5. The van der Waals surface area contributed by atoms with Crippen molar-refractivity contribution in [2.75, 3.05) is 13.2 Å². The summed E-state index contributed by atoms with van der Waals surface area (Å²) in [7, 11) is 0. The molecular weight excluding hydrogens is 298 g/mol. The largest absolute Gasteiger partial charge is 0.482 e. The normalized spacial score (nSPS) is 11.3. The minimum absolute atomic E-state index is 0. The van der Waals surface area contributed by atoms with Gasteiger partial charge in [-0.25, -0.2) is 0 Å². The number of hydrogen-bond donors (Lipinski definition) is 2. The maximum atomic E-state index is 11.4. The highest BCUT2D eigenvalue weighted by Gasteiger charge is 2.08. The van der Waals surface area contributed by atoms with Gasteiger partial charge in [0.1, 0.15) is 5.75 Å². The number of carbonyl (C=O) groups is 1.